The van der Waals surface area contributed by atoms with Gasteiger partial charge in [-0.2, -0.15) is 22.8 Å². The summed E-state index contributed by atoms with van der Waals surface area (Å²) < 4.78 is 68.7. The van der Waals surface area contributed by atoms with Crippen LogP contribution in [-0.4, -0.2) is 48.3 Å². The molecule has 0 saturated carbocycles. The zero-order valence-electron chi connectivity index (χ0n) is 19.9. The minimum absolute atomic E-state index is 0.0374. The molecular formula is C23H21F3N8O2S. The summed E-state index contributed by atoms with van der Waals surface area (Å²) in [6, 6.07) is 7.75. The normalized spacial score (nSPS) is 13.4. The lowest BCUT2D eigenvalue weighted by molar-refractivity contribution is -0.137. The molecule has 1 N–H and O–H groups in total. The van der Waals surface area contributed by atoms with Gasteiger partial charge in [0.25, 0.3) is 0 Å². The van der Waals surface area contributed by atoms with Gasteiger partial charge in [0.1, 0.15) is 22.7 Å². The molecule has 5 aromatic rings. The first kappa shape index (κ1) is 24.6. The highest BCUT2D eigenvalue weighted by atomic mass is 32.2. The predicted molar refractivity (Wildman–Crippen MR) is 129 cm³/mol. The van der Waals surface area contributed by atoms with Crippen molar-refractivity contribution in [2.45, 2.75) is 31.1 Å². The van der Waals surface area contributed by atoms with Crippen molar-refractivity contribution >= 4 is 32.5 Å². The summed E-state index contributed by atoms with van der Waals surface area (Å²) in [4.78, 5) is 17.0. The SMILES string of the molecule is CCS(=O)(=O)c1nn2c(NC(C)c3ccccn3)ccnc2c1-c1nc2cc(C(F)(F)F)cnc2n1C. The van der Waals surface area contributed by atoms with Crippen molar-refractivity contribution in [2.24, 2.45) is 7.05 Å². The van der Waals surface area contributed by atoms with Crippen molar-refractivity contribution in [3.05, 3.63) is 60.2 Å². The molecular weight excluding hydrogens is 509 g/mol. The Balaban J connectivity index is 1.73. The van der Waals surface area contributed by atoms with Gasteiger partial charge in [-0.3, -0.25) is 4.98 Å². The average Bonchev–Trinajstić information content (AvgIpc) is 3.42. The Morgan fingerprint density at radius 1 is 1.08 bits per heavy atom. The number of nitrogens with zero attached hydrogens (tertiary/aromatic N) is 7. The van der Waals surface area contributed by atoms with Crippen LogP contribution in [0.15, 0.2) is 53.9 Å². The molecule has 5 heterocycles. The van der Waals surface area contributed by atoms with Gasteiger partial charge in [0.2, 0.25) is 0 Å². The summed E-state index contributed by atoms with van der Waals surface area (Å²) in [5.74, 6) is 0.265. The van der Waals surface area contributed by atoms with E-state index in [9.17, 15) is 21.6 Å². The Kier molecular flexibility index (Phi) is 5.85. The number of fused-ring (bicyclic) bond motifs is 2. The zero-order valence-corrected chi connectivity index (χ0v) is 20.7. The van der Waals surface area contributed by atoms with Crippen LogP contribution in [0.25, 0.3) is 28.2 Å². The number of halogens is 3. The standard InChI is InChI=1S/C23H21F3N8O2S/c1-4-37(35,36)22-18(21-31-16-11-14(23(24,25)26)12-29-19(16)33(21)3)20-28-10-8-17(34(20)32-22)30-13(2)15-7-5-6-9-27-15/h5-13,30H,4H2,1-3H3. The van der Waals surface area contributed by atoms with E-state index < -0.39 is 21.6 Å². The van der Waals surface area contributed by atoms with Crippen molar-refractivity contribution in [3.8, 4) is 11.4 Å². The van der Waals surface area contributed by atoms with Crippen LogP contribution in [0, 0.1) is 0 Å². The zero-order chi connectivity index (χ0) is 26.5. The molecule has 14 heteroatoms. The van der Waals surface area contributed by atoms with Crippen LogP contribution in [0.2, 0.25) is 0 Å². The molecule has 0 amide bonds. The van der Waals surface area contributed by atoms with Gasteiger partial charge in [-0.05, 0) is 31.2 Å². The van der Waals surface area contributed by atoms with E-state index in [4.69, 9.17) is 0 Å². The summed E-state index contributed by atoms with van der Waals surface area (Å²) in [5.41, 5.74) is 0.150. The van der Waals surface area contributed by atoms with Crippen molar-refractivity contribution in [3.63, 3.8) is 0 Å². The first-order chi connectivity index (χ1) is 17.5. The second-order valence-corrected chi connectivity index (χ2v) is 10.5. The summed E-state index contributed by atoms with van der Waals surface area (Å²) >= 11 is 0. The minimum atomic E-state index is -4.60. The van der Waals surface area contributed by atoms with Crippen LogP contribution >= 0.6 is 0 Å². The number of imidazole rings is 1. The van der Waals surface area contributed by atoms with Crippen LogP contribution in [0.5, 0.6) is 0 Å². The molecule has 0 spiro atoms. The van der Waals surface area contributed by atoms with Gasteiger partial charge < -0.3 is 9.88 Å². The van der Waals surface area contributed by atoms with Gasteiger partial charge >= 0.3 is 6.18 Å². The monoisotopic (exact) mass is 530 g/mol. The first-order valence-electron chi connectivity index (χ1n) is 11.2. The van der Waals surface area contributed by atoms with E-state index in [1.54, 1.807) is 25.4 Å². The van der Waals surface area contributed by atoms with Gasteiger partial charge in [-0.15, -0.1) is 0 Å². The number of hydrogen-bond acceptors (Lipinski definition) is 8. The number of anilines is 1. The molecule has 1 unspecified atom stereocenters. The fraction of sp³-hybridized carbons (Fsp3) is 0.261. The third-order valence-electron chi connectivity index (χ3n) is 5.92. The molecule has 0 aromatic carbocycles. The lowest BCUT2D eigenvalue weighted by Gasteiger charge is -2.15. The molecule has 0 radical (unpaired) electrons. The maximum atomic E-state index is 13.3. The topological polar surface area (TPSA) is 120 Å². The van der Waals surface area contributed by atoms with Crippen LogP contribution in [0.4, 0.5) is 19.0 Å². The number of aromatic nitrogens is 7. The third kappa shape index (κ3) is 4.26. The number of nitrogens with one attached hydrogen (secondary N) is 1. The van der Waals surface area contributed by atoms with Crippen LogP contribution in [-0.2, 0) is 23.1 Å². The summed E-state index contributed by atoms with van der Waals surface area (Å²) in [6.07, 6.45) is -0.740. The number of rotatable bonds is 6. The quantitative estimate of drug-likeness (QED) is 0.349. The summed E-state index contributed by atoms with van der Waals surface area (Å²) in [5, 5.41) is 7.36. The van der Waals surface area contributed by atoms with Crippen molar-refractivity contribution < 1.29 is 21.6 Å². The summed E-state index contributed by atoms with van der Waals surface area (Å²) in [6.45, 7) is 3.36. The maximum absolute atomic E-state index is 13.3. The van der Waals surface area contributed by atoms with Gasteiger partial charge in [0.15, 0.2) is 26.2 Å². The Labute approximate surface area is 209 Å². The number of hydrogen-bond donors (Lipinski definition) is 1. The Bertz CT molecular complexity index is 1730. The van der Waals surface area contributed by atoms with Gasteiger partial charge in [0.05, 0.1) is 23.1 Å². The van der Waals surface area contributed by atoms with Crippen molar-refractivity contribution in [1.29, 1.82) is 0 Å². The molecule has 0 aliphatic heterocycles. The Morgan fingerprint density at radius 2 is 1.86 bits per heavy atom. The second-order valence-electron chi connectivity index (χ2n) is 8.33. The number of alkyl halides is 3. The van der Waals surface area contributed by atoms with E-state index in [2.05, 4.69) is 30.4 Å². The lowest BCUT2D eigenvalue weighted by Crippen LogP contribution is -2.12. The fourth-order valence-corrected chi connectivity index (χ4v) is 4.94. The van der Waals surface area contributed by atoms with Crippen LogP contribution < -0.4 is 5.32 Å². The number of aryl methyl sites for hydroxylation is 1. The van der Waals surface area contributed by atoms with E-state index >= 15 is 0 Å². The van der Waals surface area contributed by atoms with E-state index in [0.717, 1.165) is 11.8 Å². The highest BCUT2D eigenvalue weighted by Crippen LogP contribution is 2.35. The minimum Gasteiger partial charge on any atom is -0.362 e. The molecule has 0 aliphatic carbocycles. The number of pyridine rings is 2. The van der Waals surface area contributed by atoms with E-state index in [1.165, 1.54) is 22.2 Å². The van der Waals surface area contributed by atoms with Gasteiger partial charge in [0, 0.05) is 25.6 Å². The second kappa shape index (κ2) is 8.80. The molecule has 5 aromatic heterocycles. The molecule has 1 atom stereocenters. The Morgan fingerprint density at radius 3 is 2.54 bits per heavy atom. The smallest absolute Gasteiger partial charge is 0.362 e. The summed E-state index contributed by atoms with van der Waals surface area (Å²) in [7, 11) is -2.34. The van der Waals surface area contributed by atoms with Gasteiger partial charge in [-0.1, -0.05) is 13.0 Å². The lowest BCUT2D eigenvalue weighted by atomic mass is 10.2. The molecule has 0 fully saturated rings. The van der Waals surface area contributed by atoms with Crippen molar-refractivity contribution in [2.75, 3.05) is 11.1 Å². The highest BCUT2D eigenvalue weighted by molar-refractivity contribution is 7.91. The molecule has 0 bridgehead atoms. The van der Waals surface area contributed by atoms with Crippen LogP contribution in [0.1, 0.15) is 31.1 Å². The first-order valence-corrected chi connectivity index (χ1v) is 12.8. The van der Waals surface area contributed by atoms with E-state index in [0.29, 0.717) is 12.0 Å². The van der Waals surface area contributed by atoms with E-state index in [-0.39, 0.29) is 45.0 Å². The van der Waals surface area contributed by atoms with E-state index in [1.807, 2.05) is 19.1 Å². The van der Waals surface area contributed by atoms with Gasteiger partial charge in [-0.25, -0.2) is 23.4 Å². The maximum Gasteiger partial charge on any atom is 0.417 e. The molecule has 37 heavy (non-hydrogen) atoms. The molecule has 5 rings (SSSR count). The fourth-order valence-electron chi connectivity index (χ4n) is 3.97. The highest BCUT2D eigenvalue weighted by Gasteiger charge is 2.33. The largest absolute Gasteiger partial charge is 0.417 e. The van der Waals surface area contributed by atoms with Crippen LogP contribution in [0.3, 0.4) is 0 Å². The molecule has 0 aliphatic rings. The predicted octanol–water partition coefficient (Wildman–Crippen LogP) is 4.06. The number of sulfone groups is 1. The molecule has 192 valence electrons. The average molecular weight is 531 g/mol. The molecule has 10 nitrogen and oxygen atoms in total. The third-order valence-corrected chi connectivity index (χ3v) is 7.55. The molecule has 0 saturated heterocycles. The van der Waals surface area contributed by atoms with Crippen molar-refractivity contribution in [1.82, 2.24) is 34.1 Å². The Hall–Kier alpha value is -4.07.